The third kappa shape index (κ3) is 3.74. The Morgan fingerprint density at radius 3 is 2.74 bits per heavy atom. The van der Waals surface area contributed by atoms with Gasteiger partial charge in [0.2, 0.25) is 0 Å². The summed E-state index contributed by atoms with van der Waals surface area (Å²) in [5.41, 5.74) is 5.47. The SMILES string of the molecule is C=C(N)c1ncn([C@@H]2O[C@H](COP(=O)(O)C(F)F)[C@@H](O)[C@H]2O)n1. The molecule has 0 saturated carbocycles. The van der Waals surface area contributed by atoms with Crippen LogP contribution in [0.2, 0.25) is 0 Å². The summed E-state index contributed by atoms with van der Waals surface area (Å²) in [6.45, 7) is 2.60. The number of rotatable bonds is 6. The first-order valence-electron chi connectivity index (χ1n) is 6.26. The van der Waals surface area contributed by atoms with Crippen LogP contribution < -0.4 is 5.73 Å². The van der Waals surface area contributed by atoms with E-state index < -0.39 is 44.9 Å². The third-order valence-electron chi connectivity index (χ3n) is 3.06. The van der Waals surface area contributed by atoms with E-state index in [0.29, 0.717) is 0 Å². The number of aromatic nitrogens is 3. The lowest BCUT2D eigenvalue weighted by atomic mass is 10.1. The first-order chi connectivity index (χ1) is 10.6. The van der Waals surface area contributed by atoms with Crippen molar-refractivity contribution in [2.24, 2.45) is 5.73 Å². The van der Waals surface area contributed by atoms with Gasteiger partial charge in [0.25, 0.3) is 0 Å². The molecule has 13 heteroatoms. The molecule has 0 spiro atoms. The predicted molar refractivity (Wildman–Crippen MR) is 70.9 cm³/mol. The molecule has 1 unspecified atom stereocenters. The summed E-state index contributed by atoms with van der Waals surface area (Å²) < 4.78 is 46.0. The Morgan fingerprint density at radius 2 is 2.22 bits per heavy atom. The van der Waals surface area contributed by atoms with E-state index in [4.69, 9.17) is 15.4 Å². The minimum absolute atomic E-state index is 0.0646. The molecule has 0 aliphatic carbocycles. The monoisotopic (exact) mass is 356 g/mol. The van der Waals surface area contributed by atoms with Gasteiger partial charge in [0, 0.05) is 0 Å². The molecule has 0 bridgehead atoms. The summed E-state index contributed by atoms with van der Waals surface area (Å²) in [4.78, 5) is 12.7. The Labute approximate surface area is 128 Å². The van der Waals surface area contributed by atoms with E-state index in [9.17, 15) is 23.6 Å². The van der Waals surface area contributed by atoms with Crippen LogP contribution in [0.15, 0.2) is 12.9 Å². The van der Waals surface area contributed by atoms with Crippen LogP contribution >= 0.6 is 7.60 Å². The number of hydrogen-bond donors (Lipinski definition) is 4. The number of ether oxygens (including phenoxy) is 1. The van der Waals surface area contributed by atoms with E-state index >= 15 is 0 Å². The average Bonchev–Trinajstić information content (AvgIpc) is 3.04. The fourth-order valence-electron chi connectivity index (χ4n) is 1.87. The van der Waals surface area contributed by atoms with Crippen molar-refractivity contribution in [2.45, 2.75) is 30.7 Å². The van der Waals surface area contributed by atoms with Crippen molar-refractivity contribution in [3.63, 3.8) is 0 Å². The van der Waals surface area contributed by atoms with Gasteiger partial charge in [0.05, 0.1) is 12.3 Å². The second kappa shape index (κ2) is 6.59. The normalized spacial score (nSPS) is 30.5. The Kier molecular flexibility index (Phi) is 5.14. The van der Waals surface area contributed by atoms with Crippen LogP contribution in [0.5, 0.6) is 0 Å². The van der Waals surface area contributed by atoms with Crippen molar-refractivity contribution >= 4 is 13.3 Å². The smallest absolute Gasteiger partial charge is 0.394 e. The molecule has 1 aliphatic rings. The molecular weight excluding hydrogens is 341 g/mol. The molecule has 5 atom stereocenters. The van der Waals surface area contributed by atoms with Gasteiger partial charge in [-0.05, 0) is 0 Å². The van der Waals surface area contributed by atoms with E-state index in [1.165, 1.54) is 0 Å². The van der Waals surface area contributed by atoms with Crippen LogP contribution in [-0.2, 0) is 13.8 Å². The lowest BCUT2D eigenvalue weighted by Crippen LogP contribution is -2.33. The highest BCUT2D eigenvalue weighted by Gasteiger charge is 2.46. The number of alkyl halides is 2. The molecular formula is C10H15F2N4O6P. The van der Waals surface area contributed by atoms with E-state index in [-0.39, 0.29) is 11.5 Å². The van der Waals surface area contributed by atoms with Gasteiger partial charge >= 0.3 is 13.8 Å². The molecule has 2 rings (SSSR count). The summed E-state index contributed by atoms with van der Waals surface area (Å²) in [5.74, 6) is 0.0764. The molecule has 1 aromatic heterocycles. The number of aliphatic hydroxyl groups excluding tert-OH is 2. The van der Waals surface area contributed by atoms with Gasteiger partial charge < -0.3 is 30.1 Å². The fourth-order valence-corrected chi connectivity index (χ4v) is 2.34. The maximum Gasteiger partial charge on any atom is 0.394 e. The highest BCUT2D eigenvalue weighted by Crippen LogP contribution is 2.49. The molecule has 0 radical (unpaired) electrons. The maximum atomic E-state index is 12.2. The van der Waals surface area contributed by atoms with Gasteiger partial charge in [-0.15, -0.1) is 5.10 Å². The lowest BCUT2D eigenvalue weighted by molar-refractivity contribution is -0.0575. The lowest BCUT2D eigenvalue weighted by Gasteiger charge is -2.17. The van der Waals surface area contributed by atoms with Crippen LogP contribution in [0, 0.1) is 0 Å². The highest BCUT2D eigenvalue weighted by atomic mass is 31.2. The molecule has 1 saturated heterocycles. The number of hydrogen-bond acceptors (Lipinski definition) is 8. The molecule has 23 heavy (non-hydrogen) atoms. The van der Waals surface area contributed by atoms with Gasteiger partial charge in [-0.1, -0.05) is 6.58 Å². The first kappa shape index (κ1) is 17.9. The largest absolute Gasteiger partial charge is 0.396 e. The van der Waals surface area contributed by atoms with E-state index in [1.54, 1.807) is 0 Å². The number of nitrogens with two attached hydrogens (primary N) is 1. The van der Waals surface area contributed by atoms with Gasteiger partial charge in [0.15, 0.2) is 12.1 Å². The second-order valence-corrected chi connectivity index (χ2v) is 6.53. The quantitative estimate of drug-likeness (QED) is 0.482. The Hall–Kier alpha value is -1.43. The summed E-state index contributed by atoms with van der Waals surface area (Å²) >= 11 is 0. The zero-order chi connectivity index (χ0) is 17.4. The number of halogens is 2. The third-order valence-corrected chi connectivity index (χ3v) is 4.08. The van der Waals surface area contributed by atoms with Crippen LogP contribution in [0.1, 0.15) is 12.1 Å². The standard InChI is InChI=1S/C10H15F2N4O6P/c1-4(13)8-14-3-16(15-8)9-7(18)6(17)5(22-9)2-21-23(19,20)10(11)12/h3,5-7,9-10,17-18H,1-2,13H2,(H,19,20)/t5-,6-,7-,9-/m1/s1. The summed E-state index contributed by atoms with van der Waals surface area (Å²) in [6, 6.07) is 0. The Balaban J connectivity index is 2.05. The van der Waals surface area contributed by atoms with E-state index in [2.05, 4.69) is 21.2 Å². The van der Waals surface area contributed by atoms with Crippen LogP contribution in [0.3, 0.4) is 0 Å². The van der Waals surface area contributed by atoms with E-state index in [1.807, 2.05) is 0 Å². The molecule has 2 heterocycles. The van der Waals surface area contributed by atoms with Crippen LogP contribution in [-0.4, -0.2) is 61.0 Å². The van der Waals surface area contributed by atoms with Gasteiger partial charge in [-0.2, -0.15) is 8.78 Å². The van der Waals surface area contributed by atoms with Crippen molar-refractivity contribution < 1.29 is 37.7 Å². The molecule has 1 aromatic rings. The minimum Gasteiger partial charge on any atom is -0.396 e. The highest BCUT2D eigenvalue weighted by molar-refractivity contribution is 7.53. The zero-order valence-corrected chi connectivity index (χ0v) is 12.5. The average molecular weight is 356 g/mol. The van der Waals surface area contributed by atoms with Crippen molar-refractivity contribution in [1.29, 1.82) is 0 Å². The minimum atomic E-state index is -5.13. The summed E-state index contributed by atoms with van der Waals surface area (Å²) in [6.07, 6.45) is -7.99. The topological polar surface area (TPSA) is 153 Å². The molecule has 1 aliphatic heterocycles. The van der Waals surface area contributed by atoms with Gasteiger partial charge in [-0.3, -0.25) is 4.57 Å². The number of aliphatic hydroxyl groups is 2. The van der Waals surface area contributed by atoms with Crippen molar-refractivity contribution in [3.8, 4) is 0 Å². The fraction of sp³-hybridized carbons (Fsp3) is 0.600. The second-order valence-electron chi connectivity index (χ2n) is 4.76. The number of nitrogens with zero attached hydrogens (tertiary/aromatic N) is 3. The predicted octanol–water partition coefficient (Wildman–Crippen LogP) is -0.749. The van der Waals surface area contributed by atoms with Crippen LogP contribution in [0.4, 0.5) is 8.78 Å². The Morgan fingerprint density at radius 1 is 1.57 bits per heavy atom. The molecule has 0 aromatic carbocycles. The summed E-state index contributed by atoms with van der Waals surface area (Å²) in [5, 5.41) is 23.6. The van der Waals surface area contributed by atoms with Gasteiger partial charge in [-0.25, -0.2) is 9.67 Å². The zero-order valence-electron chi connectivity index (χ0n) is 11.6. The molecule has 5 N–H and O–H groups in total. The van der Waals surface area contributed by atoms with Crippen molar-refractivity contribution in [2.75, 3.05) is 6.61 Å². The maximum absolute atomic E-state index is 12.2. The Bertz CT molecular complexity index is 628. The molecule has 10 nitrogen and oxygen atoms in total. The van der Waals surface area contributed by atoms with E-state index in [0.717, 1.165) is 11.0 Å². The first-order valence-corrected chi connectivity index (χ1v) is 7.91. The summed E-state index contributed by atoms with van der Waals surface area (Å²) in [7, 11) is -5.13. The van der Waals surface area contributed by atoms with Gasteiger partial charge in [0.1, 0.15) is 24.6 Å². The van der Waals surface area contributed by atoms with Crippen LogP contribution in [0.25, 0.3) is 5.70 Å². The molecule has 0 amide bonds. The van der Waals surface area contributed by atoms with Crippen molar-refractivity contribution in [1.82, 2.24) is 14.8 Å². The molecule has 1 fully saturated rings. The van der Waals surface area contributed by atoms with Crippen molar-refractivity contribution in [3.05, 3.63) is 18.7 Å². The molecule has 130 valence electrons.